The number of anilines is 1. The quantitative estimate of drug-likeness (QED) is 0.527. The molecule has 10 heteroatoms. The zero-order valence-corrected chi connectivity index (χ0v) is 21.5. The van der Waals surface area contributed by atoms with Crippen LogP contribution in [0.15, 0.2) is 41.3 Å². The van der Waals surface area contributed by atoms with E-state index in [1.54, 1.807) is 0 Å². The molecule has 5 unspecified atom stereocenters. The Bertz CT molecular complexity index is 1600. The first-order chi connectivity index (χ1) is 18.7. The molecule has 202 valence electrons. The van der Waals surface area contributed by atoms with Crippen LogP contribution in [-0.2, 0) is 0 Å². The van der Waals surface area contributed by atoms with Crippen molar-refractivity contribution in [2.24, 2.45) is 23.7 Å². The van der Waals surface area contributed by atoms with Crippen molar-refractivity contribution < 1.29 is 18.4 Å². The molecule has 2 N–H and O–H groups in total. The summed E-state index contributed by atoms with van der Waals surface area (Å²) in [5, 5.41) is 5.97. The Labute approximate surface area is 223 Å². The van der Waals surface area contributed by atoms with E-state index in [2.05, 4.69) is 22.5 Å². The van der Waals surface area contributed by atoms with Gasteiger partial charge in [0.05, 0.1) is 11.1 Å². The molecule has 3 aromatic rings. The number of aromatic nitrogens is 2. The molecule has 1 saturated heterocycles. The fraction of sp³-hybridized carbons (Fsp3) is 0.448. The summed E-state index contributed by atoms with van der Waals surface area (Å²) in [7, 11) is 0. The number of nitrogens with zero attached hydrogens (tertiary/aromatic N) is 3. The maximum atomic E-state index is 15.0. The molecule has 3 amide bonds. The second-order valence-corrected chi connectivity index (χ2v) is 11.9. The average molecular weight is 534 g/mol. The van der Waals surface area contributed by atoms with Gasteiger partial charge in [0.1, 0.15) is 23.0 Å². The number of amides is 3. The summed E-state index contributed by atoms with van der Waals surface area (Å²) in [4.78, 5) is 45.5. The van der Waals surface area contributed by atoms with E-state index in [0.29, 0.717) is 24.9 Å². The molecular weight excluding hydrogens is 504 g/mol. The maximum absolute atomic E-state index is 15.0. The molecule has 0 radical (unpaired) electrons. The number of urea groups is 1. The summed E-state index contributed by atoms with van der Waals surface area (Å²) in [5.74, 6) is 0.903. The van der Waals surface area contributed by atoms with Crippen LogP contribution in [0.3, 0.4) is 0 Å². The lowest BCUT2D eigenvalue weighted by Gasteiger charge is -2.46. The normalized spacial score (nSPS) is 29.2. The van der Waals surface area contributed by atoms with Gasteiger partial charge in [-0.1, -0.05) is 0 Å². The van der Waals surface area contributed by atoms with Gasteiger partial charge in [0.25, 0.3) is 5.91 Å². The maximum Gasteiger partial charge on any atom is 0.323 e. The first-order valence-corrected chi connectivity index (χ1v) is 13.6. The van der Waals surface area contributed by atoms with Gasteiger partial charge in [-0.15, -0.1) is 0 Å². The number of carbonyl (C=O) groups excluding carboxylic acids is 2. The number of nitrogens with one attached hydrogen (secondary N) is 2. The highest BCUT2D eigenvalue weighted by atomic mass is 19.1. The van der Waals surface area contributed by atoms with Crippen LogP contribution < -0.4 is 21.0 Å². The summed E-state index contributed by atoms with van der Waals surface area (Å²) in [6.07, 6.45) is 6.68. The number of pyridine rings is 2. The molecule has 8 nitrogen and oxygen atoms in total. The van der Waals surface area contributed by atoms with Gasteiger partial charge in [-0.2, -0.15) is 0 Å². The first-order valence-electron chi connectivity index (χ1n) is 13.6. The SMILES string of the molecule is CC1(NC(=O)c2cn(-c3ccc(F)cc3F)c3nc(N4CCNC4=O)ccc3c2=O)CC2CC3CC(C1)C3C2. The first kappa shape index (κ1) is 24.2. The van der Waals surface area contributed by atoms with Crippen molar-refractivity contribution >= 4 is 28.8 Å². The van der Waals surface area contributed by atoms with Crippen molar-refractivity contribution in [2.75, 3.05) is 18.0 Å². The summed E-state index contributed by atoms with van der Waals surface area (Å²) in [5.41, 5.74) is -1.11. The number of rotatable bonds is 4. The highest BCUT2D eigenvalue weighted by Gasteiger charge is 2.53. The van der Waals surface area contributed by atoms with Crippen LogP contribution in [0.5, 0.6) is 0 Å². The number of hydrogen-bond acceptors (Lipinski definition) is 4. The Balaban J connectivity index is 1.32. The van der Waals surface area contributed by atoms with Crippen LogP contribution in [-0.4, -0.2) is 40.1 Å². The van der Waals surface area contributed by atoms with Crippen molar-refractivity contribution in [3.63, 3.8) is 0 Å². The molecule has 1 aromatic carbocycles. The second kappa shape index (κ2) is 8.59. The highest BCUT2D eigenvalue weighted by molar-refractivity contribution is 5.98. The summed E-state index contributed by atoms with van der Waals surface area (Å²) < 4.78 is 30.1. The smallest absolute Gasteiger partial charge is 0.323 e. The fourth-order valence-corrected chi connectivity index (χ4v) is 7.69. The third kappa shape index (κ3) is 3.91. The Morgan fingerprint density at radius 3 is 2.72 bits per heavy atom. The second-order valence-electron chi connectivity index (χ2n) is 11.9. The van der Waals surface area contributed by atoms with Gasteiger partial charge >= 0.3 is 6.03 Å². The van der Waals surface area contributed by atoms with Crippen LogP contribution in [0.25, 0.3) is 16.7 Å². The molecule has 1 aliphatic heterocycles. The number of fused-ring (bicyclic) bond motifs is 2. The van der Waals surface area contributed by atoms with Gasteiger partial charge < -0.3 is 10.6 Å². The van der Waals surface area contributed by atoms with Crippen LogP contribution in [0.2, 0.25) is 0 Å². The predicted octanol–water partition coefficient (Wildman–Crippen LogP) is 4.14. The van der Waals surface area contributed by atoms with Crippen molar-refractivity contribution in [1.29, 1.82) is 0 Å². The molecule has 39 heavy (non-hydrogen) atoms. The van der Waals surface area contributed by atoms with Crippen molar-refractivity contribution in [3.05, 3.63) is 63.9 Å². The van der Waals surface area contributed by atoms with Crippen LogP contribution in [0.1, 0.15) is 49.4 Å². The molecular formula is C29H29F2N5O3. The summed E-state index contributed by atoms with van der Waals surface area (Å²) in [6, 6.07) is 5.79. The van der Waals surface area contributed by atoms with Gasteiger partial charge in [-0.3, -0.25) is 19.1 Å². The van der Waals surface area contributed by atoms with E-state index in [-0.39, 0.29) is 34.1 Å². The highest BCUT2D eigenvalue weighted by Crippen LogP contribution is 2.60. The Morgan fingerprint density at radius 2 is 1.95 bits per heavy atom. The molecule has 2 aromatic heterocycles. The molecule has 7 rings (SSSR count). The van der Waals surface area contributed by atoms with E-state index in [1.165, 1.54) is 53.1 Å². The Hall–Kier alpha value is -3.82. The molecule has 5 atom stereocenters. The summed E-state index contributed by atoms with van der Waals surface area (Å²) >= 11 is 0. The van der Waals surface area contributed by atoms with E-state index >= 15 is 4.39 Å². The zero-order valence-electron chi connectivity index (χ0n) is 21.5. The van der Waals surface area contributed by atoms with Gasteiger partial charge in [-0.25, -0.2) is 18.6 Å². The van der Waals surface area contributed by atoms with Crippen molar-refractivity contribution in [1.82, 2.24) is 20.2 Å². The number of halogens is 2. The van der Waals surface area contributed by atoms with Crippen molar-refractivity contribution in [2.45, 2.75) is 44.6 Å². The number of hydrogen-bond donors (Lipinski definition) is 2. The Morgan fingerprint density at radius 1 is 1.10 bits per heavy atom. The van der Waals surface area contributed by atoms with E-state index in [1.807, 2.05) is 0 Å². The molecule has 3 aliphatic carbocycles. The molecule has 4 aliphatic rings. The number of carbonyl (C=O) groups is 2. The minimum Gasteiger partial charge on any atom is -0.347 e. The lowest BCUT2D eigenvalue weighted by atomic mass is 9.62. The van der Waals surface area contributed by atoms with Gasteiger partial charge in [0.15, 0.2) is 5.65 Å². The van der Waals surface area contributed by atoms with E-state index < -0.39 is 28.5 Å². The summed E-state index contributed by atoms with van der Waals surface area (Å²) in [6.45, 7) is 2.89. The Kier molecular flexibility index (Phi) is 5.34. The lowest BCUT2D eigenvalue weighted by molar-refractivity contribution is 0.0570. The zero-order chi connectivity index (χ0) is 27.1. The number of benzene rings is 1. The molecule has 3 saturated carbocycles. The van der Waals surface area contributed by atoms with Crippen LogP contribution >= 0.6 is 0 Å². The van der Waals surface area contributed by atoms with Crippen LogP contribution in [0.4, 0.5) is 19.4 Å². The third-order valence-corrected chi connectivity index (χ3v) is 9.31. The fourth-order valence-electron chi connectivity index (χ4n) is 7.69. The monoisotopic (exact) mass is 533 g/mol. The molecule has 4 fully saturated rings. The largest absolute Gasteiger partial charge is 0.347 e. The van der Waals surface area contributed by atoms with Gasteiger partial charge in [-0.05, 0) is 87.0 Å². The van der Waals surface area contributed by atoms with Crippen LogP contribution in [0, 0.1) is 35.3 Å². The van der Waals surface area contributed by atoms with E-state index in [0.717, 1.165) is 36.8 Å². The van der Waals surface area contributed by atoms with Gasteiger partial charge in [0.2, 0.25) is 5.43 Å². The standard InChI is InChI=1S/C29H29F2N5O3/c1-29(12-15-8-16-10-17(13-29)20(16)9-15)34-27(38)21-14-36(23-4-2-18(30)11-22(23)31)26-19(25(21)37)3-5-24(33-26)35-7-6-32-28(35)39/h2-5,11,14-17,20H,6-10,12-13H2,1H3,(H,32,39)(H,34,38). The minimum absolute atomic E-state index is 0.0653. The predicted molar refractivity (Wildman–Crippen MR) is 141 cm³/mol. The lowest BCUT2D eigenvalue weighted by Crippen LogP contribution is -2.51. The van der Waals surface area contributed by atoms with Crippen molar-refractivity contribution in [3.8, 4) is 5.69 Å². The molecule has 3 heterocycles. The van der Waals surface area contributed by atoms with E-state index in [4.69, 9.17) is 0 Å². The molecule has 2 bridgehead atoms. The topological polar surface area (TPSA) is 96.3 Å². The van der Waals surface area contributed by atoms with Gasteiger partial charge in [0, 0.05) is 30.9 Å². The molecule has 0 spiro atoms. The third-order valence-electron chi connectivity index (χ3n) is 9.31. The van der Waals surface area contributed by atoms with E-state index in [9.17, 15) is 18.8 Å². The average Bonchev–Trinajstić information content (AvgIpc) is 3.42. The minimum atomic E-state index is -0.872.